The first-order valence-electron chi connectivity index (χ1n) is 18.7. The van der Waals surface area contributed by atoms with Crippen LogP contribution in [-0.4, -0.2) is 14.5 Å². The first-order chi connectivity index (χ1) is 27.1. The Bertz CT molecular complexity index is 2760. The van der Waals surface area contributed by atoms with E-state index in [2.05, 4.69) is 162 Å². The number of para-hydroxylation sites is 4. The SMILES string of the molecule is C/C(=C/c1ccccc1)n1c2ccccc2c2cc(N(c3ccccc3)c3ccc(-c4nc5ccccc5nc4-c4ccccc4)cc3)ccc21.C/C=C\C. The van der Waals surface area contributed by atoms with Crippen LogP contribution in [0.25, 0.3) is 67.1 Å². The number of benzene rings is 7. The number of hydrogen-bond donors (Lipinski definition) is 0. The van der Waals surface area contributed by atoms with Crippen LogP contribution in [0.15, 0.2) is 194 Å². The number of aromatic nitrogens is 3. The third kappa shape index (κ3) is 7.18. The molecule has 0 unspecified atom stereocenters. The summed E-state index contributed by atoms with van der Waals surface area (Å²) in [5.74, 6) is 0. The minimum Gasteiger partial charge on any atom is -0.313 e. The molecule has 4 heteroatoms. The van der Waals surface area contributed by atoms with Crippen molar-refractivity contribution in [1.29, 1.82) is 0 Å². The Morgan fingerprint density at radius 1 is 0.473 bits per heavy atom. The Labute approximate surface area is 323 Å². The van der Waals surface area contributed by atoms with Crippen LogP contribution in [0.4, 0.5) is 17.1 Å². The Hall–Kier alpha value is -7.04. The molecule has 0 bridgehead atoms. The van der Waals surface area contributed by atoms with Gasteiger partial charge >= 0.3 is 0 Å². The summed E-state index contributed by atoms with van der Waals surface area (Å²) in [6.45, 7) is 6.19. The lowest BCUT2D eigenvalue weighted by molar-refractivity contribution is 1.21. The fourth-order valence-corrected chi connectivity index (χ4v) is 7.13. The van der Waals surface area contributed by atoms with Gasteiger partial charge in [-0.15, -0.1) is 0 Å². The number of fused-ring (bicyclic) bond motifs is 4. The van der Waals surface area contributed by atoms with E-state index < -0.39 is 0 Å². The van der Waals surface area contributed by atoms with Crippen molar-refractivity contribution >= 4 is 61.7 Å². The van der Waals surface area contributed by atoms with Gasteiger partial charge in [0, 0.05) is 44.7 Å². The molecule has 0 saturated carbocycles. The molecule has 0 radical (unpaired) electrons. The molecule has 9 rings (SSSR count). The van der Waals surface area contributed by atoms with E-state index in [1.165, 1.54) is 33.1 Å². The molecule has 0 aliphatic rings. The van der Waals surface area contributed by atoms with Gasteiger partial charge in [0.1, 0.15) is 0 Å². The lowest BCUT2D eigenvalue weighted by Crippen LogP contribution is -2.09. The number of hydrogen-bond acceptors (Lipinski definition) is 3. The summed E-state index contributed by atoms with van der Waals surface area (Å²) in [5, 5.41) is 2.43. The van der Waals surface area contributed by atoms with Crippen LogP contribution in [0.5, 0.6) is 0 Å². The van der Waals surface area contributed by atoms with Gasteiger partial charge in [0.05, 0.1) is 33.5 Å². The Morgan fingerprint density at radius 3 is 1.60 bits per heavy atom. The van der Waals surface area contributed by atoms with Gasteiger partial charge in [-0.25, -0.2) is 9.97 Å². The van der Waals surface area contributed by atoms with Crippen molar-refractivity contribution in [3.63, 3.8) is 0 Å². The van der Waals surface area contributed by atoms with Gasteiger partial charge in [-0.05, 0) is 93.1 Å². The highest BCUT2D eigenvalue weighted by molar-refractivity contribution is 6.12. The largest absolute Gasteiger partial charge is 0.313 e. The van der Waals surface area contributed by atoms with Crippen molar-refractivity contribution in [2.45, 2.75) is 20.8 Å². The summed E-state index contributed by atoms with van der Waals surface area (Å²) >= 11 is 0. The second-order valence-corrected chi connectivity index (χ2v) is 13.4. The number of nitrogens with zero attached hydrogens (tertiary/aromatic N) is 4. The van der Waals surface area contributed by atoms with E-state index >= 15 is 0 Å². The topological polar surface area (TPSA) is 34.0 Å². The van der Waals surface area contributed by atoms with Gasteiger partial charge in [0.25, 0.3) is 0 Å². The minimum atomic E-state index is 0.867. The first kappa shape index (κ1) is 35.0. The van der Waals surface area contributed by atoms with Gasteiger partial charge < -0.3 is 9.47 Å². The third-order valence-electron chi connectivity index (χ3n) is 9.81. The fourth-order valence-electron chi connectivity index (χ4n) is 7.13. The van der Waals surface area contributed by atoms with E-state index in [4.69, 9.17) is 9.97 Å². The zero-order chi connectivity index (χ0) is 37.6. The quantitative estimate of drug-likeness (QED) is 0.154. The average Bonchev–Trinajstić information content (AvgIpc) is 3.59. The number of allylic oxidation sites excluding steroid dienone is 3. The smallest absolute Gasteiger partial charge is 0.0973 e. The fraction of sp³-hybridized carbons (Fsp3) is 0.0588. The normalized spacial score (nSPS) is 11.6. The molecule has 2 aromatic heterocycles. The van der Waals surface area contributed by atoms with E-state index in [0.29, 0.717) is 0 Å². The standard InChI is InChI=1S/C47H34N4.C4H8/c1-33(31-34-15-5-2-6-16-34)50-44-24-14-11-21-40(44)41-32-39(29-30-45(41)50)51(37-19-9-4-10-20-37)38-27-25-36(26-28-38)47-46(35-17-7-3-8-18-35)48-42-22-12-13-23-43(42)49-47;1-3-4-2/h2-32H,1H3;3-4H,1-2H3/b33-31-;4-3-. The molecule has 0 spiro atoms. The summed E-state index contributed by atoms with van der Waals surface area (Å²) in [5.41, 5.74) is 13.5. The summed E-state index contributed by atoms with van der Waals surface area (Å²) in [6.07, 6.45) is 6.25. The van der Waals surface area contributed by atoms with Crippen molar-refractivity contribution in [3.05, 3.63) is 200 Å². The number of rotatable bonds is 7. The molecule has 0 aliphatic carbocycles. The molecular formula is C51H42N4. The highest BCUT2D eigenvalue weighted by atomic mass is 15.1. The Morgan fingerprint density at radius 2 is 0.964 bits per heavy atom. The van der Waals surface area contributed by atoms with Crippen molar-refractivity contribution in [1.82, 2.24) is 14.5 Å². The molecule has 9 aromatic rings. The predicted octanol–water partition coefficient (Wildman–Crippen LogP) is 14.1. The summed E-state index contributed by atoms with van der Waals surface area (Å²) < 4.78 is 2.37. The van der Waals surface area contributed by atoms with E-state index in [9.17, 15) is 0 Å². The van der Waals surface area contributed by atoms with Gasteiger partial charge in [0.15, 0.2) is 0 Å². The van der Waals surface area contributed by atoms with Gasteiger partial charge in [-0.1, -0.05) is 133 Å². The summed E-state index contributed by atoms with van der Waals surface area (Å²) in [6, 6.07) is 63.7. The van der Waals surface area contributed by atoms with Crippen LogP contribution in [-0.2, 0) is 0 Å². The molecule has 2 heterocycles. The maximum atomic E-state index is 5.14. The third-order valence-corrected chi connectivity index (χ3v) is 9.81. The first-order valence-corrected chi connectivity index (χ1v) is 18.7. The van der Waals surface area contributed by atoms with Crippen LogP contribution in [0.3, 0.4) is 0 Å². The zero-order valence-corrected chi connectivity index (χ0v) is 31.3. The van der Waals surface area contributed by atoms with E-state index in [0.717, 1.165) is 50.6 Å². The number of anilines is 3. The molecule has 266 valence electrons. The average molecular weight is 711 g/mol. The van der Waals surface area contributed by atoms with Crippen LogP contribution in [0, 0.1) is 0 Å². The Kier molecular flexibility index (Phi) is 10.1. The zero-order valence-electron chi connectivity index (χ0n) is 31.3. The highest BCUT2D eigenvalue weighted by Crippen LogP contribution is 2.41. The maximum Gasteiger partial charge on any atom is 0.0973 e. The second-order valence-electron chi connectivity index (χ2n) is 13.4. The molecule has 0 aliphatic heterocycles. The molecule has 0 N–H and O–H groups in total. The lowest BCUT2D eigenvalue weighted by atomic mass is 10.0. The van der Waals surface area contributed by atoms with Crippen molar-refractivity contribution < 1.29 is 0 Å². The van der Waals surface area contributed by atoms with Crippen LogP contribution < -0.4 is 4.90 Å². The van der Waals surface area contributed by atoms with Crippen LogP contribution in [0.1, 0.15) is 26.3 Å². The molecule has 4 nitrogen and oxygen atoms in total. The van der Waals surface area contributed by atoms with Gasteiger partial charge in [0.2, 0.25) is 0 Å². The summed E-state index contributed by atoms with van der Waals surface area (Å²) in [7, 11) is 0. The van der Waals surface area contributed by atoms with Crippen molar-refractivity contribution in [3.8, 4) is 22.5 Å². The summed E-state index contributed by atoms with van der Waals surface area (Å²) in [4.78, 5) is 12.5. The molecule has 55 heavy (non-hydrogen) atoms. The van der Waals surface area contributed by atoms with Gasteiger partial charge in [-0.2, -0.15) is 0 Å². The molecule has 0 amide bonds. The molecular weight excluding hydrogens is 669 g/mol. The Balaban J connectivity index is 0.00000102. The highest BCUT2D eigenvalue weighted by Gasteiger charge is 2.18. The lowest BCUT2D eigenvalue weighted by Gasteiger charge is -2.26. The van der Waals surface area contributed by atoms with Crippen LogP contribution >= 0.6 is 0 Å². The maximum absolute atomic E-state index is 5.14. The molecule has 0 atom stereocenters. The molecule has 0 saturated heterocycles. The van der Waals surface area contributed by atoms with E-state index in [1.807, 2.05) is 68.5 Å². The van der Waals surface area contributed by atoms with Gasteiger partial charge in [-0.3, -0.25) is 0 Å². The minimum absolute atomic E-state index is 0.867. The predicted molar refractivity (Wildman–Crippen MR) is 235 cm³/mol. The van der Waals surface area contributed by atoms with E-state index in [-0.39, 0.29) is 0 Å². The van der Waals surface area contributed by atoms with Crippen molar-refractivity contribution in [2.75, 3.05) is 4.90 Å². The molecule has 0 fully saturated rings. The monoisotopic (exact) mass is 710 g/mol. The van der Waals surface area contributed by atoms with Crippen LogP contribution in [0.2, 0.25) is 0 Å². The van der Waals surface area contributed by atoms with E-state index in [1.54, 1.807) is 0 Å². The van der Waals surface area contributed by atoms with Crippen molar-refractivity contribution in [2.24, 2.45) is 0 Å². The molecule has 7 aromatic carbocycles. The second kappa shape index (κ2) is 15.9.